The lowest BCUT2D eigenvalue weighted by molar-refractivity contribution is -0.140. The number of ether oxygens (including phenoxy) is 1. The maximum Gasteiger partial charge on any atom is 0.305 e. The number of fused-ring (bicyclic) bond motifs is 1. The highest BCUT2D eigenvalue weighted by molar-refractivity contribution is 5.83. The number of hydrogen-bond donors (Lipinski definition) is 0. The van der Waals surface area contributed by atoms with Crippen molar-refractivity contribution >= 4 is 16.9 Å². The van der Waals surface area contributed by atoms with Crippen LogP contribution in [-0.2, 0) is 21.4 Å². The number of carbonyl (C=O) groups excluding carboxylic acids is 1. The van der Waals surface area contributed by atoms with Crippen LogP contribution in [0.15, 0.2) is 24.3 Å². The number of rotatable bonds is 3. The van der Waals surface area contributed by atoms with Gasteiger partial charge in [0.1, 0.15) is 0 Å². The Morgan fingerprint density at radius 3 is 2.57 bits per heavy atom. The van der Waals surface area contributed by atoms with E-state index < -0.39 is 0 Å². The van der Waals surface area contributed by atoms with Gasteiger partial charge in [0.15, 0.2) is 0 Å². The van der Waals surface area contributed by atoms with Crippen molar-refractivity contribution in [2.45, 2.75) is 46.0 Å². The van der Waals surface area contributed by atoms with Gasteiger partial charge in [0.05, 0.1) is 19.0 Å². The van der Waals surface area contributed by atoms with Crippen LogP contribution in [0.4, 0.5) is 0 Å². The molecule has 0 atom stereocenters. The molecule has 0 amide bonds. The molecule has 0 spiro atoms. The van der Waals surface area contributed by atoms with Crippen molar-refractivity contribution < 1.29 is 9.53 Å². The molecule has 0 bridgehead atoms. The second-order valence-corrected chi connectivity index (χ2v) is 6.49. The number of pyridine rings is 1. The third-order valence-electron chi connectivity index (χ3n) is 3.75. The number of benzene rings is 1. The zero-order valence-electron chi connectivity index (χ0n) is 13.5. The Balaban J connectivity index is 2.36. The van der Waals surface area contributed by atoms with Crippen molar-refractivity contribution in [2.75, 3.05) is 7.11 Å². The zero-order chi connectivity index (χ0) is 15.6. The van der Waals surface area contributed by atoms with Crippen LogP contribution < -0.4 is 0 Å². The van der Waals surface area contributed by atoms with Crippen LogP contribution in [0.2, 0.25) is 0 Å². The standard InChI is InChI=1S/C18H23NO2/c1-12-10-14(7-9-17(20)21-5)19-16-8-6-13(11-15(12)16)18(2,3)4/h6,8,10-11H,7,9H2,1-5H3. The number of methoxy groups -OCH3 is 1. The topological polar surface area (TPSA) is 39.2 Å². The number of nitrogens with zero attached hydrogens (tertiary/aromatic N) is 1. The van der Waals surface area contributed by atoms with E-state index in [9.17, 15) is 4.79 Å². The van der Waals surface area contributed by atoms with Gasteiger partial charge in [-0.2, -0.15) is 0 Å². The lowest BCUT2D eigenvalue weighted by Gasteiger charge is -2.20. The average Bonchev–Trinajstić information content (AvgIpc) is 2.43. The molecule has 0 aliphatic carbocycles. The van der Waals surface area contributed by atoms with E-state index >= 15 is 0 Å². The average molecular weight is 285 g/mol. The summed E-state index contributed by atoms with van der Waals surface area (Å²) in [6.07, 6.45) is 0.985. The van der Waals surface area contributed by atoms with Crippen molar-refractivity contribution in [3.05, 3.63) is 41.1 Å². The van der Waals surface area contributed by atoms with E-state index in [0.29, 0.717) is 12.8 Å². The molecule has 112 valence electrons. The van der Waals surface area contributed by atoms with Crippen LogP contribution in [0, 0.1) is 6.92 Å². The molecule has 3 heteroatoms. The maximum atomic E-state index is 11.2. The van der Waals surface area contributed by atoms with E-state index in [0.717, 1.165) is 11.2 Å². The highest BCUT2D eigenvalue weighted by atomic mass is 16.5. The fraction of sp³-hybridized carbons (Fsp3) is 0.444. The zero-order valence-corrected chi connectivity index (χ0v) is 13.5. The molecular weight excluding hydrogens is 262 g/mol. The molecule has 0 aliphatic heterocycles. The van der Waals surface area contributed by atoms with Crippen LogP contribution >= 0.6 is 0 Å². The van der Waals surface area contributed by atoms with Crippen LogP contribution in [0.5, 0.6) is 0 Å². The normalized spacial score (nSPS) is 11.7. The molecule has 0 fully saturated rings. The van der Waals surface area contributed by atoms with E-state index in [-0.39, 0.29) is 11.4 Å². The van der Waals surface area contributed by atoms with Crippen LogP contribution in [0.3, 0.4) is 0 Å². The highest BCUT2D eigenvalue weighted by Crippen LogP contribution is 2.27. The molecule has 0 radical (unpaired) electrons. The van der Waals surface area contributed by atoms with E-state index in [1.807, 2.05) is 0 Å². The predicted octanol–water partition coefficient (Wildman–Crippen LogP) is 3.95. The molecule has 0 unspecified atom stereocenters. The lowest BCUT2D eigenvalue weighted by atomic mass is 9.86. The van der Waals surface area contributed by atoms with Crippen molar-refractivity contribution in [3.8, 4) is 0 Å². The van der Waals surface area contributed by atoms with E-state index in [4.69, 9.17) is 0 Å². The summed E-state index contributed by atoms with van der Waals surface area (Å²) >= 11 is 0. The van der Waals surface area contributed by atoms with Gasteiger partial charge in [-0.25, -0.2) is 0 Å². The first-order valence-corrected chi connectivity index (χ1v) is 7.29. The third kappa shape index (κ3) is 3.60. The van der Waals surface area contributed by atoms with Crippen LogP contribution in [-0.4, -0.2) is 18.1 Å². The summed E-state index contributed by atoms with van der Waals surface area (Å²) in [7, 11) is 1.41. The fourth-order valence-corrected chi connectivity index (χ4v) is 2.39. The first-order chi connectivity index (χ1) is 9.81. The molecule has 1 heterocycles. The molecule has 1 aromatic carbocycles. The van der Waals surface area contributed by atoms with Crippen LogP contribution in [0.1, 0.15) is 44.0 Å². The Labute approximate surface area is 126 Å². The smallest absolute Gasteiger partial charge is 0.305 e. The molecule has 0 saturated carbocycles. The Morgan fingerprint density at radius 1 is 1.24 bits per heavy atom. The number of aromatic nitrogens is 1. The minimum Gasteiger partial charge on any atom is -0.469 e. The summed E-state index contributed by atoms with van der Waals surface area (Å²) in [6, 6.07) is 8.50. The van der Waals surface area contributed by atoms with Gasteiger partial charge in [0, 0.05) is 17.5 Å². The van der Waals surface area contributed by atoms with Gasteiger partial charge in [0.2, 0.25) is 0 Å². The van der Waals surface area contributed by atoms with Gasteiger partial charge in [0.25, 0.3) is 0 Å². The summed E-state index contributed by atoms with van der Waals surface area (Å²) in [5.74, 6) is -0.197. The quantitative estimate of drug-likeness (QED) is 0.802. The second-order valence-electron chi connectivity index (χ2n) is 6.49. The van der Waals surface area contributed by atoms with Gasteiger partial charge >= 0.3 is 5.97 Å². The van der Waals surface area contributed by atoms with Gasteiger partial charge in [-0.15, -0.1) is 0 Å². The summed E-state index contributed by atoms with van der Waals surface area (Å²) in [5, 5.41) is 1.18. The van der Waals surface area contributed by atoms with Gasteiger partial charge in [-0.1, -0.05) is 26.8 Å². The molecule has 2 rings (SSSR count). The second kappa shape index (κ2) is 5.84. The van der Waals surface area contributed by atoms with E-state index in [1.165, 1.54) is 23.6 Å². The first kappa shape index (κ1) is 15.5. The minimum absolute atomic E-state index is 0.129. The molecule has 21 heavy (non-hydrogen) atoms. The van der Waals surface area contributed by atoms with Gasteiger partial charge in [-0.05, 0) is 41.7 Å². The van der Waals surface area contributed by atoms with Crippen molar-refractivity contribution in [1.82, 2.24) is 4.98 Å². The largest absolute Gasteiger partial charge is 0.469 e. The summed E-state index contributed by atoms with van der Waals surface area (Å²) in [4.78, 5) is 15.9. The molecular formula is C18H23NO2. The number of carbonyl (C=O) groups is 1. The number of aryl methyl sites for hydroxylation is 2. The SMILES string of the molecule is COC(=O)CCc1cc(C)c2cc(C(C)(C)C)ccc2n1. The molecule has 0 aliphatic rings. The van der Waals surface area contributed by atoms with Crippen molar-refractivity contribution in [1.29, 1.82) is 0 Å². The Kier molecular flexibility index (Phi) is 4.31. The lowest BCUT2D eigenvalue weighted by Crippen LogP contribution is -2.11. The van der Waals surface area contributed by atoms with E-state index in [2.05, 4.69) is 61.7 Å². The fourth-order valence-electron chi connectivity index (χ4n) is 2.39. The molecule has 0 N–H and O–H groups in total. The number of esters is 1. The molecule has 2 aromatic rings. The summed E-state index contributed by atoms with van der Waals surface area (Å²) < 4.78 is 4.68. The molecule has 1 aromatic heterocycles. The first-order valence-electron chi connectivity index (χ1n) is 7.29. The van der Waals surface area contributed by atoms with Crippen molar-refractivity contribution in [3.63, 3.8) is 0 Å². The van der Waals surface area contributed by atoms with Gasteiger partial charge < -0.3 is 4.74 Å². The minimum atomic E-state index is -0.197. The van der Waals surface area contributed by atoms with E-state index in [1.54, 1.807) is 0 Å². The number of hydrogen-bond acceptors (Lipinski definition) is 3. The maximum absolute atomic E-state index is 11.2. The Bertz CT molecular complexity index is 669. The Hall–Kier alpha value is -1.90. The summed E-state index contributed by atoms with van der Waals surface area (Å²) in [5.41, 5.74) is 4.56. The van der Waals surface area contributed by atoms with Gasteiger partial charge in [-0.3, -0.25) is 9.78 Å². The molecule has 0 saturated heterocycles. The predicted molar refractivity (Wildman–Crippen MR) is 85.5 cm³/mol. The van der Waals surface area contributed by atoms with Crippen molar-refractivity contribution in [2.24, 2.45) is 0 Å². The molecule has 3 nitrogen and oxygen atoms in total. The monoisotopic (exact) mass is 285 g/mol. The summed E-state index contributed by atoms with van der Waals surface area (Å²) in [6.45, 7) is 8.73. The third-order valence-corrected chi connectivity index (χ3v) is 3.75. The van der Waals surface area contributed by atoms with Crippen LogP contribution in [0.25, 0.3) is 10.9 Å². The Morgan fingerprint density at radius 2 is 1.95 bits per heavy atom. The highest BCUT2D eigenvalue weighted by Gasteiger charge is 2.15.